The third-order valence-electron chi connectivity index (χ3n) is 5.43. The third kappa shape index (κ3) is 2.41. The van der Waals surface area contributed by atoms with Gasteiger partial charge in [-0.2, -0.15) is 0 Å². The molecule has 0 saturated heterocycles. The van der Waals surface area contributed by atoms with Crippen molar-refractivity contribution in [2.45, 2.75) is 6.42 Å². The fourth-order valence-corrected chi connectivity index (χ4v) is 4.80. The number of allylic oxidation sites excluding steroid dienone is 2. The number of aliphatic carboxylic acids is 1. The highest BCUT2D eigenvalue weighted by Crippen LogP contribution is 2.63. The van der Waals surface area contributed by atoms with Crippen LogP contribution >= 0.6 is 27.5 Å². The number of amides is 1. The number of nitrogens with one attached hydrogen (secondary N) is 1. The number of fused-ring (bicyclic) bond motifs is 1. The summed E-state index contributed by atoms with van der Waals surface area (Å²) in [5.74, 6) is -1.26. The van der Waals surface area contributed by atoms with E-state index in [-0.39, 0.29) is 17.7 Å². The number of benzene rings is 1. The Morgan fingerprint density at radius 3 is 2.43 bits per heavy atom. The van der Waals surface area contributed by atoms with E-state index >= 15 is 0 Å². The second kappa shape index (κ2) is 5.35. The first-order valence-corrected chi connectivity index (χ1v) is 8.81. The number of carboxylic acids is 1. The van der Waals surface area contributed by atoms with Crippen LogP contribution in [0, 0.1) is 35.5 Å². The van der Waals surface area contributed by atoms with Gasteiger partial charge in [0.2, 0.25) is 5.91 Å². The first kappa shape index (κ1) is 15.2. The van der Waals surface area contributed by atoms with Crippen LogP contribution in [0.2, 0.25) is 5.02 Å². The van der Waals surface area contributed by atoms with Gasteiger partial charge in [0, 0.05) is 10.2 Å². The smallest absolute Gasteiger partial charge is 0.307 e. The van der Waals surface area contributed by atoms with E-state index in [0.717, 1.165) is 10.9 Å². The first-order chi connectivity index (χ1) is 11.0. The van der Waals surface area contributed by atoms with Crippen molar-refractivity contribution in [1.29, 1.82) is 0 Å². The lowest BCUT2D eigenvalue weighted by Crippen LogP contribution is -2.48. The van der Waals surface area contributed by atoms with Crippen molar-refractivity contribution in [3.8, 4) is 0 Å². The maximum atomic E-state index is 12.8. The Bertz CT molecular complexity index is 735. The van der Waals surface area contributed by atoms with Crippen molar-refractivity contribution in [3.63, 3.8) is 0 Å². The van der Waals surface area contributed by atoms with Crippen LogP contribution in [0.3, 0.4) is 0 Å². The summed E-state index contributed by atoms with van der Waals surface area (Å²) < 4.78 is 0.751. The molecule has 0 aromatic heterocycles. The number of carbonyl (C=O) groups excluding carboxylic acids is 1. The summed E-state index contributed by atoms with van der Waals surface area (Å²) in [6.45, 7) is 0. The Hall–Kier alpha value is -1.33. The maximum Gasteiger partial charge on any atom is 0.307 e. The fourth-order valence-electron chi connectivity index (χ4n) is 4.37. The zero-order valence-electron chi connectivity index (χ0n) is 12.1. The summed E-state index contributed by atoms with van der Waals surface area (Å²) in [7, 11) is 0. The molecular formula is C17H15BrClNO3. The molecule has 2 N–H and O–H groups in total. The number of rotatable bonds is 3. The van der Waals surface area contributed by atoms with E-state index in [1.165, 1.54) is 0 Å². The van der Waals surface area contributed by atoms with Gasteiger partial charge in [-0.05, 0) is 64.2 Å². The van der Waals surface area contributed by atoms with E-state index in [9.17, 15) is 14.7 Å². The van der Waals surface area contributed by atoms with Gasteiger partial charge in [-0.1, -0.05) is 23.8 Å². The minimum absolute atomic E-state index is 0.00763. The number of carboxylic acid groups (broad SMARTS) is 1. The van der Waals surface area contributed by atoms with Crippen LogP contribution in [0.25, 0.3) is 0 Å². The van der Waals surface area contributed by atoms with E-state index in [1.807, 2.05) is 6.08 Å². The molecule has 2 bridgehead atoms. The molecule has 5 rings (SSSR count). The van der Waals surface area contributed by atoms with Gasteiger partial charge in [0.25, 0.3) is 0 Å². The molecule has 4 aliphatic rings. The largest absolute Gasteiger partial charge is 0.481 e. The summed E-state index contributed by atoms with van der Waals surface area (Å²) in [4.78, 5) is 24.5. The van der Waals surface area contributed by atoms with Crippen molar-refractivity contribution in [2.75, 3.05) is 5.32 Å². The summed E-state index contributed by atoms with van der Waals surface area (Å²) >= 11 is 9.36. The number of anilines is 1. The molecule has 4 aliphatic carbocycles. The molecule has 0 aliphatic heterocycles. The summed E-state index contributed by atoms with van der Waals surface area (Å²) in [5.41, 5.74) is 0.588. The summed E-state index contributed by atoms with van der Waals surface area (Å²) in [6, 6.07) is 5.17. The maximum absolute atomic E-state index is 12.8. The van der Waals surface area contributed by atoms with Gasteiger partial charge in [0.1, 0.15) is 0 Å². The molecule has 23 heavy (non-hydrogen) atoms. The lowest BCUT2D eigenvalue weighted by Gasteiger charge is -2.41. The second-order valence-electron chi connectivity index (χ2n) is 6.61. The average molecular weight is 397 g/mol. The van der Waals surface area contributed by atoms with Gasteiger partial charge in [-0.15, -0.1) is 0 Å². The van der Waals surface area contributed by atoms with Crippen LogP contribution in [-0.2, 0) is 9.59 Å². The number of hydrogen-bond donors (Lipinski definition) is 2. The van der Waals surface area contributed by atoms with Crippen LogP contribution in [0.4, 0.5) is 5.69 Å². The van der Waals surface area contributed by atoms with Gasteiger partial charge >= 0.3 is 5.97 Å². The standard InChI is InChI=1S/C17H15BrClNO3/c18-12-4-1-7(5-13(12)19)20-16(21)14-8-2-3-9(11-6-10(8)11)15(14)17(22)23/h1-5,8-11,14-15H,6H2,(H,20,21)(H,22,23)/t8-,9-,10-,11+,14-,15+/m0/s1. The number of hydrogen-bond acceptors (Lipinski definition) is 2. The minimum atomic E-state index is -0.872. The molecule has 4 nitrogen and oxygen atoms in total. The molecule has 1 aromatic carbocycles. The van der Waals surface area contributed by atoms with Crippen molar-refractivity contribution in [2.24, 2.45) is 35.5 Å². The second-order valence-corrected chi connectivity index (χ2v) is 7.87. The van der Waals surface area contributed by atoms with Gasteiger partial charge < -0.3 is 10.4 Å². The molecule has 2 fully saturated rings. The van der Waals surface area contributed by atoms with Crippen molar-refractivity contribution >= 4 is 45.1 Å². The van der Waals surface area contributed by atoms with E-state index in [4.69, 9.17) is 11.6 Å². The van der Waals surface area contributed by atoms with Gasteiger partial charge in [0.05, 0.1) is 16.9 Å². The molecule has 1 aromatic rings. The van der Waals surface area contributed by atoms with Crippen LogP contribution in [-0.4, -0.2) is 17.0 Å². The predicted molar refractivity (Wildman–Crippen MR) is 90.1 cm³/mol. The van der Waals surface area contributed by atoms with E-state index in [0.29, 0.717) is 22.5 Å². The van der Waals surface area contributed by atoms with Crippen molar-refractivity contribution in [3.05, 3.63) is 39.8 Å². The molecule has 0 spiro atoms. The van der Waals surface area contributed by atoms with Crippen LogP contribution in [0.15, 0.2) is 34.8 Å². The van der Waals surface area contributed by atoms with E-state index in [2.05, 4.69) is 27.3 Å². The van der Waals surface area contributed by atoms with Crippen LogP contribution in [0.5, 0.6) is 0 Å². The van der Waals surface area contributed by atoms with E-state index in [1.54, 1.807) is 18.2 Å². The normalized spacial score (nSPS) is 36.4. The molecule has 6 atom stereocenters. The Balaban J connectivity index is 1.60. The van der Waals surface area contributed by atoms with Crippen LogP contribution < -0.4 is 5.32 Å². The van der Waals surface area contributed by atoms with Crippen LogP contribution in [0.1, 0.15) is 6.42 Å². The average Bonchev–Trinajstić information content (AvgIpc) is 3.32. The first-order valence-electron chi connectivity index (χ1n) is 7.64. The lowest BCUT2D eigenvalue weighted by atomic mass is 9.62. The molecular weight excluding hydrogens is 382 g/mol. The topological polar surface area (TPSA) is 66.4 Å². The third-order valence-corrected chi connectivity index (χ3v) is 6.66. The Morgan fingerprint density at radius 2 is 1.83 bits per heavy atom. The Kier molecular flexibility index (Phi) is 3.54. The summed E-state index contributed by atoms with van der Waals surface area (Å²) in [6.07, 6.45) is 5.11. The predicted octanol–water partition coefficient (Wildman–Crippen LogP) is 3.81. The minimum Gasteiger partial charge on any atom is -0.481 e. The fraction of sp³-hybridized carbons (Fsp3) is 0.412. The summed E-state index contributed by atoms with van der Waals surface area (Å²) in [5, 5.41) is 13.0. The molecule has 0 heterocycles. The molecule has 6 heteroatoms. The molecule has 0 radical (unpaired) electrons. The quantitative estimate of drug-likeness (QED) is 0.764. The highest BCUT2D eigenvalue weighted by atomic mass is 79.9. The van der Waals surface area contributed by atoms with Gasteiger partial charge in [-0.25, -0.2) is 0 Å². The highest BCUT2D eigenvalue weighted by Gasteiger charge is 2.62. The zero-order valence-corrected chi connectivity index (χ0v) is 14.4. The van der Waals surface area contributed by atoms with E-state index < -0.39 is 17.8 Å². The SMILES string of the molecule is O=C(O)[C@@H]1[C@H]2C=C[C@@H]([C@@H]3C[C@H]23)[C@@H]1C(=O)Nc1ccc(Br)c(Cl)c1. The van der Waals surface area contributed by atoms with Gasteiger partial charge in [0.15, 0.2) is 0 Å². The molecule has 120 valence electrons. The molecule has 2 saturated carbocycles. The van der Waals surface area contributed by atoms with Crippen molar-refractivity contribution < 1.29 is 14.7 Å². The Labute approximate surface area is 147 Å². The number of carbonyl (C=O) groups is 2. The monoisotopic (exact) mass is 395 g/mol. The highest BCUT2D eigenvalue weighted by molar-refractivity contribution is 9.10. The number of halogens is 2. The molecule has 1 amide bonds. The molecule has 0 unspecified atom stereocenters. The lowest BCUT2D eigenvalue weighted by molar-refractivity contribution is -0.152. The van der Waals surface area contributed by atoms with Crippen molar-refractivity contribution in [1.82, 2.24) is 0 Å². The Morgan fingerprint density at radius 1 is 1.17 bits per heavy atom. The van der Waals surface area contributed by atoms with Gasteiger partial charge in [-0.3, -0.25) is 9.59 Å². The zero-order chi connectivity index (χ0) is 16.3.